The number of carbonyl (C=O) groups excluding carboxylic acids is 3. The van der Waals surface area contributed by atoms with Gasteiger partial charge in [-0.1, -0.05) is 34.6 Å². The topological polar surface area (TPSA) is 183 Å². The van der Waals surface area contributed by atoms with Gasteiger partial charge in [0.15, 0.2) is 6.10 Å². The lowest BCUT2D eigenvalue weighted by Crippen LogP contribution is -2.67. The van der Waals surface area contributed by atoms with Crippen LogP contribution in [0.3, 0.4) is 0 Å². The molecule has 11 heteroatoms. The molecule has 0 radical (unpaired) electrons. The Bertz CT molecular complexity index is 615. The molecule has 180 valence electrons. The molecule has 1 amide bonds. The van der Waals surface area contributed by atoms with Crippen LogP contribution >= 0.6 is 0 Å². The summed E-state index contributed by atoms with van der Waals surface area (Å²) in [5.41, 5.74) is 11.7. The highest BCUT2D eigenvalue weighted by atomic mass is 16.7. The number of nitrogens with two attached hydrogens (primary N) is 2. The average Bonchev–Trinajstić information content (AvgIpc) is 2.70. The van der Waals surface area contributed by atoms with Crippen molar-refractivity contribution >= 4 is 17.8 Å². The van der Waals surface area contributed by atoms with E-state index in [2.05, 4.69) is 5.32 Å². The Hall–Kier alpha value is -1.79. The molecule has 1 fully saturated rings. The first-order valence-corrected chi connectivity index (χ1v) is 10.6. The largest absolute Gasteiger partial charge is 0.456 e. The monoisotopic (exact) mass is 447 g/mol. The van der Waals surface area contributed by atoms with Gasteiger partial charge in [0.2, 0.25) is 12.2 Å². The minimum Gasteiger partial charge on any atom is -0.456 e. The van der Waals surface area contributed by atoms with E-state index in [1.807, 2.05) is 0 Å². The van der Waals surface area contributed by atoms with Crippen LogP contribution in [-0.2, 0) is 28.6 Å². The quantitative estimate of drug-likeness (QED) is 0.254. The van der Waals surface area contributed by atoms with Crippen LogP contribution in [0.5, 0.6) is 0 Å². The van der Waals surface area contributed by atoms with Crippen LogP contribution in [0.2, 0.25) is 0 Å². The lowest BCUT2D eigenvalue weighted by atomic mass is 9.95. The van der Waals surface area contributed by atoms with Gasteiger partial charge < -0.3 is 41.2 Å². The summed E-state index contributed by atoms with van der Waals surface area (Å²) in [4.78, 5) is 37.2. The number of ether oxygens (including phenoxy) is 3. The van der Waals surface area contributed by atoms with E-state index in [4.69, 9.17) is 25.7 Å². The van der Waals surface area contributed by atoms with Crippen LogP contribution < -0.4 is 16.8 Å². The average molecular weight is 448 g/mol. The second kappa shape index (κ2) is 12.3. The number of hydrogen-bond acceptors (Lipinski definition) is 10. The predicted octanol–water partition coefficient (Wildman–Crippen LogP) is -1.23. The molecule has 1 aliphatic rings. The second-order valence-corrected chi connectivity index (χ2v) is 8.44. The third kappa shape index (κ3) is 7.39. The first kappa shape index (κ1) is 27.2. The first-order chi connectivity index (χ1) is 14.4. The fourth-order valence-electron chi connectivity index (χ4n) is 2.90. The molecule has 1 heterocycles. The standard InChI is InChI=1S/C20H37N3O8/c1-6-7-12(25)23-15-17(30-18(27)13(21)9(2)3)16(26)11(8-24)29-20(15)31-19(28)14(22)10(4)5/h9-11,13-17,20,24,26H,6-8,21-22H2,1-5H3,(H,23,25)/t11-,13?,14?,15-,16-,17-,20?/m1/s1. The van der Waals surface area contributed by atoms with E-state index in [0.29, 0.717) is 6.42 Å². The van der Waals surface area contributed by atoms with Gasteiger partial charge in [0, 0.05) is 6.42 Å². The van der Waals surface area contributed by atoms with Gasteiger partial charge >= 0.3 is 11.9 Å². The summed E-state index contributed by atoms with van der Waals surface area (Å²) in [6.07, 6.45) is -4.89. The molecule has 0 aromatic heterocycles. The smallest absolute Gasteiger partial charge is 0.325 e. The van der Waals surface area contributed by atoms with Crippen molar-refractivity contribution in [2.75, 3.05) is 6.61 Å². The van der Waals surface area contributed by atoms with Gasteiger partial charge in [0.1, 0.15) is 30.3 Å². The van der Waals surface area contributed by atoms with Crippen LogP contribution in [0.1, 0.15) is 47.5 Å². The zero-order chi connectivity index (χ0) is 23.9. The van der Waals surface area contributed by atoms with Crippen molar-refractivity contribution in [2.24, 2.45) is 23.3 Å². The fourth-order valence-corrected chi connectivity index (χ4v) is 2.90. The van der Waals surface area contributed by atoms with E-state index in [0.717, 1.165) is 0 Å². The maximum Gasteiger partial charge on any atom is 0.325 e. The number of aliphatic hydroxyl groups excluding tert-OH is 2. The van der Waals surface area contributed by atoms with Crippen LogP contribution in [0.15, 0.2) is 0 Å². The molecule has 0 aromatic carbocycles. The summed E-state index contributed by atoms with van der Waals surface area (Å²) in [5.74, 6) is -2.51. The number of hydrogen-bond donors (Lipinski definition) is 5. The van der Waals surface area contributed by atoms with Gasteiger partial charge in [-0.25, -0.2) is 0 Å². The Labute approximate surface area is 182 Å². The molecule has 0 aromatic rings. The van der Waals surface area contributed by atoms with Crippen LogP contribution in [-0.4, -0.2) is 77.4 Å². The number of aliphatic hydroxyl groups is 2. The van der Waals surface area contributed by atoms with Gasteiger partial charge in [0.05, 0.1) is 6.61 Å². The van der Waals surface area contributed by atoms with Crippen LogP contribution in [0, 0.1) is 11.8 Å². The maximum absolute atomic E-state index is 12.5. The molecule has 11 nitrogen and oxygen atoms in total. The number of rotatable bonds is 10. The Morgan fingerprint density at radius 1 is 1.03 bits per heavy atom. The van der Waals surface area contributed by atoms with E-state index in [-0.39, 0.29) is 18.3 Å². The normalized spacial score (nSPS) is 28.2. The highest BCUT2D eigenvalue weighted by molar-refractivity contribution is 5.78. The SMILES string of the molecule is CCCC(=O)N[C@H]1C(OC(=O)C(N)C(C)C)O[C@H](CO)[C@@H](O)[C@@H]1OC(=O)C(N)C(C)C. The number of carbonyl (C=O) groups is 3. The molecule has 0 spiro atoms. The molecular weight excluding hydrogens is 410 g/mol. The van der Waals surface area contributed by atoms with Gasteiger partial charge in [-0.3, -0.25) is 14.4 Å². The van der Waals surface area contributed by atoms with E-state index < -0.39 is 67.2 Å². The number of esters is 2. The summed E-state index contributed by atoms with van der Waals surface area (Å²) in [6.45, 7) is 8.05. The van der Waals surface area contributed by atoms with Crippen LogP contribution in [0.25, 0.3) is 0 Å². The van der Waals surface area contributed by atoms with Crippen molar-refractivity contribution in [3.63, 3.8) is 0 Å². The Morgan fingerprint density at radius 2 is 1.55 bits per heavy atom. The summed E-state index contributed by atoms with van der Waals surface area (Å²) >= 11 is 0. The van der Waals surface area contributed by atoms with Crippen molar-refractivity contribution < 1.29 is 38.8 Å². The van der Waals surface area contributed by atoms with Crippen molar-refractivity contribution in [1.82, 2.24) is 5.32 Å². The van der Waals surface area contributed by atoms with Crippen molar-refractivity contribution in [1.29, 1.82) is 0 Å². The van der Waals surface area contributed by atoms with Crippen molar-refractivity contribution in [3.8, 4) is 0 Å². The lowest BCUT2D eigenvalue weighted by molar-refractivity contribution is -0.268. The molecule has 3 unspecified atom stereocenters. The summed E-state index contributed by atoms with van der Waals surface area (Å²) in [6, 6.07) is -3.18. The molecule has 1 saturated heterocycles. The van der Waals surface area contributed by atoms with Crippen LogP contribution in [0.4, 0.5) is 0 Å². The molecule has 7 N–H and O–H groups in total. The Morgan fingerprint density at radius 3 is 2.00 bits per heavy atom. The summed E-state index contributed by atoms with van der Waals surface area (Å²) in [7, 11) is 0. The lowest BCUT2D eigenvalue weighted by Gasteiger charge is -2.43. The molecule has 0 aliphatic carbocycles. The predicted molar refractivity (Wildman–Crippen MR) is 110 cm³/mol. The zero-order valence-corrected chi connectivity index (χ0v) is 18.8. The number of amides is 1. The summed E-state index contributed by atoms with van der Waals surface area (Å²) < 4.78 is 16.3. The Kier molecular flexibility index (Phi) is 10.8. The minimum absolute atomic E-state index is 0.147. The van der Waals surface area contributed by atoms with E-state index >= 15 is 0 Å². The molecule has 1 aliphatic heterocycles. The van der Waals surface area contributed by atoms with E-state index in [1.54, 1.807) is 34.6 Å². The second-order valence-electron chi connectivity index (χ2n) is 8.44. The first-order valence-electron chi connectivity index (χ1n) is 10.6. The highest BCUT2D eigenvalue weighted by Gasteiger charge is 2.50. The minimum atomic E-state index is -1.51. The molecule has 1 rings (SSSR count). The van der Waals surface area contributed by atoms with E-state index in [9.17, 15) is 24.6 Å². The van der Waals surface area contributed by atoms with Gasteiger partial charge in [-0.2, -0.15) is 0 Å². The van der Waals surface area contributed by atoms with Gasteiger partial charge in [-0.05, 0) is 18.3 Å². The molecule has 31 heavy (non-hydrogen) atoms. The third-order valence-electron chi connectivity index (χ3n) is 5.12. The van der Waals surface area contributed by atoms with Gasteiger partial charge in [0.25, 0.3) is 0 Å². The highest BCUT2D eigenvalue weighted by Crippen LogP contribution is 2.26. The zero-order valence-electron chi connectivity index (χ0n) is 18.8. The van der Waals surface area contributed by atoms with Crippen molar-refractivity contribution in [2.45, 2.75) is 90.2 Å². The molecule has 0 bridgehead atoms. The fraction of sp³-hybridized carbons (Fsp3) is 0.850. The number of nitrogens with one attached hydrogen (secondary N) is 1. The Balaban J connectivity index is 3.23. The molecule has 0 saturated carbocycles. The molecular formula is C20H37N3O8. The van der Waals surface area contributed by atoms with Crippen molar-refractivity contribution in [3.05, 3.63) is 0 Å². The van der Waals surface area contributed by atoms with E-state index in [1.165, 1.54) is 0 Å². The maximum atomic E-state index is 12.5. The summed E-state index contributed by atoms with van der Waals surface area (Å²) in [5, 5.41) is 22.9. The third-order valence-corrected chi connectivity index (χ3v) is 5.12. The molecule has 7 atom stereocenters. The van der Waals surface area contributed by atoms with Gasteiger partial charge in [-0.15, -0.1) is 0 Å².